The van der Waals surface area contributed by atoms with E-state index in [1.807, 2.05) is 0 Å². The molecule has 2 aliphatic rings. The number of rotatable bonds is 6. The highest BCUT2D eigenvalue weighted by molar-refractivity contribution is 5.07. The predicted octanol–water partition coefficient (Wildman–Crippen LogP) is 3.54. The molecule has 0 saturated heterocycles. The Morgan fingerprint density at radius 3 is 2.75 bits per heavy atom. The monoisotopic (exact) mass is 276 g/mol. The molecule has 3 nitrogen and oxygen atoms in total. The van der Waals surface area contributed by atoms with Crippen molar-refractivity contribution in [1.29, 1.82) is 0 Å². The summed E-state index contributed by atoms with van der Waals surface area (Å²) in [5.74, 6) is 3.07. The number of nitrogens with one attached hydrogen (secondary N) is 1. The summed E-state index contributed by atoms with van der Waals surface area (Å²) in [7, 11) is 2.24. The van der Waals surface area contributed by atoms with Gasteiger partial charge >= 0.3 is 0 Å². The molecule has 2 aliphatic carbocycles. The van der Waals surface area contributed by atoms with Crippen LogP contribution in [0.25, 0.3) is 0 Å². The van der Waals surface area contributed by atoms with Crippen molar-refractivity contribution in [2.75, 3.05) is 7.05 Å². The Kier molecular flexibility index (Phi) is 4.47. The van der Waals surface area contributed by atoms with Gasteiger partial charge in [0, 0.05) is 12.1 Å². The maximum absolute atomic E-state index is 5.95. The first kappa shape index (κ1) is 14.2. The highest BCUT2D eigenvalue weighted by Crippen LogP contribution is 2.27. The first-order valence-corrected chi connectivity index (χ1v) is 8.22. The Morgan fingerprint density at radius 1 is 1.20 bits per heavy atom. The van der Waals surface area contributed by atoms with E-state index in [9.17, 15) is 0 Å². The number of hydrogen-bond acceptors (Lipinski definition) is 3. The summed E-state index contributed by atoms with van der Waals surface area (Å²) in [6, 6.07) is 5.75. The lowest BCUT2D eigenvalue weighted by atomic mass is 9.86. The summed E-state index contributed by atoms with van der Waals surface area (Å²) < 4.78 is 5.95. The Morgan fingerprint density at radius 2 is 2.00 bits per heavy atom. The van der Waals surface area contributed by atoms with E-state index in [0.717, 1.165) is 42.6 Å². The van der Waals surface area contributed by atoms with Crippen LogP contribution in [0, 0.1) is 5.92 Å². The molecule has 2 unspecified atom stereocenters. The van der Waals surface area contributed by atoms with E-state index in [2.05, 4.69) is 36.3 Å². The van der Waals surface area contributed by atoms with Gasteiger partial charge in [-0.15, -0.1) is 0 Å². The topological polar surface area (TPSA) is 28.4 Å². The van der Waals surface area contributed by atoms with Crippen LogP contribution in [0.5, 0.6) is 0 Å². The standard InChI is InChI=1S/C17H28N2O/c1-13-4-3-5-15(10-13)19(2)12-17-9-8-16(20-17)11-18-14-6-7-14/h8-9,13-15,18H,3-7,10-12H2,1-2H3. The van der Waals surface area contributed by atoms with E-state index in [-0.39, 0.29) is 0 Å². The maximum atomic E-state index is 5.95. The van der Waals surface area contributed by atoms with E-state index in [1.165, 1.54) is 38.5 Å². The van der Waals surface area contributed by atoms with Gasteiger partial charge in [0.15, 0.2) is 0 Å². The normalized spacial score (nSPS) is 27.1. The quantitative estimate of drug-likeness (QED) is 0.861. The van der Waals surface area contributed by atoms with Gasteiger partial charge in [0.05, 0.1) is 13.1 Å². The molecule has 112 valence electrons. The maximum Gasteiger partial charge on any atom is 0.118 e. The highest BCUT2D eigenvalue weighted by atomic mass is 16.3. The Hall–Kier alpha value is -0.800. The molecule has 1 aromatic rings. The summed E-state index contributed by atoms with van der Waals surface area (Å²) in [6.45, 7) is 4.21. The van der Waals surface area contributed by atoms with Crippen LogP contribution < -0.4 is 5.32 Å². The second-order valence-electron chi connectivity index (χ2n) is 6.86. The van der Waals surface area contributed by atoms with Crippen LogP contribution in [0.15, 0.2) is 16.5 Å². The molecular formula is C17H28N2O. The van der Waals surface area contributed by atoms with E-state index in [0.29, 0.717) is 0 Å². The molecule has 0 aliphatic heterocycles. The van der Waals surface area contributed by atoms with E-state index >= 15 is 0 Å². The molecule has 1 N–H and O–H groups in total. The number of nitrogens with zero attached hydrogens (tertiary/aromatic N) is 1. The van der Waals surface area contributed by atoms with E-state index in [1.54, 1.807) is 0 Å². The molecule has 3 rings (SSSR count). The van der Waals surface area contributed by atoms with E-state index < -0.39 is 0 Å². The molecule has 1 aromatic heterocycles. The summed E-state index contributed by atoms with van der Waals surface area (Å²) in [5, 5.41) is 3.50. The molecule has 0 amide bonds. The van der Waals surface area contributed by atoms with Gasteiger partial charge in [-0.25, -0.2) is 0 Å². The minimum Gasteiger partial charge on any atom is -0.463 e. The van der Waals surface area contributed by atoms with Crippen LogP contribution in [-0.2, 0) is 13.1 Å². The molecular weight excluding hydrogens is 248 g/mol. The third-order valence-electron chi connectivity index (χ3n) is 4.80. The van der Waals surface area contributed by atoms with Gasteiger partial charge in [-0.3, -0.25) is 4.90 Å². The average Bonchev–Trinajstić information content (AvgIpc) is 3.16. The number of hydrogen-bond donors (Lipinski definition) is 1. The summed E-state index contributed by atoms with van der Waals surface area (Å²) in [4.78, 5) is 2.48. The van der Waals surface area contributed by atoms with Crippen molar-refractivity contribution in [2.24, 2.45) is 5.92 Å². The number of furan rings is 1. The molecule has 2 saturated carbocycles. The van der Waals surface area contributed by atoms with Crippen molar-refractivity contribution < 1.29 is 4.42 Å². The zero-order valence-electron chi connectivity index (χ0n) is 12.9. The van der Waals surface area contributed by atoms with Crippen molar-refractivity contribution in [2.45, 2.75) is 70.6 Å². The van der Waals surface area contributed by atoms with Crippen LogP contribution in [0.4, 0.5) is 0 Å². The van der Waals surface area contributed by atoms with Gasteiger partial charge in [0.1, 0.15) is 11.5 Å². The highest BCUT2D eigenvalue weighted by Gasteiger charge is 2.23. The smallest absolute Gasteiger partial charge is 0.118 e. The largest absolute Gasteiger partial charge is 0.463 e. The third kappa shape index (κ3) is 3.86. The third-order valence-corrected chi connectivity index (χ3v) is 4.80. The van der Waals surface area contributed by atoms with Crippen LogP contribution in [0.1, 0.15) is 57.0 Å². The van der Waals surface area contributed by atoms with Crippen molar-refractivity contribution in [1.82, 2.24) is 10.2 Å². The fourth-order valence-corrected chi connectivity index (χ4v) is 3.31. The zero-order valence-corrected chi connectivity index (χ0v) is 12.9. The fraction of sp³-hybridized carbons (Fsp3) is 0.765. The summed E-state index contributed by atoms with van der Waals surface area (Å²) in [6.07, 6.45) is 8.13. The first-order chi connectivity index (χ1) is 9.70. The van der Waals surface area contributed by atoms with Crippen LogP contribution in [-0.4, -0.2) is 24.0 Å². The SMILES string of the molecule is CC1CCCC(N(C)Cc2ccc(CNC3CC3)o2)C1. The van der Waals surface area contributed by atoms with Crippen molar-refractivity contribution in [3.05, 3.63) is 23.7 Å². The van der Waals surface area contributed by atoms with Gasteiger partial charge < -0.3 is 9.73 Å². The van der Waals surface area contributed by atoms with Gasteiger partial charge in [0.25, 0.3) is 0 Å². The van der Waals surface area contributed by atoms with Crippen LogP contribution in [0.3, 0.4) is 0 Å². The average molecular weight is 276 g/mol. The van der Waals surface area contributed by atoms with Crippen molar-refractivity contribution in [3.63, 3.8) is 0 Å². The molecule has 0 radical (unpaired) electrons. The lowest BCUT2D eigenvalue weighted by Crippen LogP contribution is -2.34. The molecule has 2 fully saturated rings. The predicted molar refractivity (Wildman–Crippen MR) is 81.5 cm³/mol. The summed E-state index contributed by atoms with van der Waals surface area (Å²) in [5.41, 5.74) is 0. The summed E-state index contributed by atoms with van der Waals surface area (Å²) >= 11 is 0. The first-order valence-electron chi connectivity index (χ1n) is 8.22. The van der Waals surface area contributed by atoms with Crippen LogP contribution in [0.2, 0.25) is 0 Å². The molecule has 3 heteroatoms. The molecule has 20 heavy (non-hydrogen) atoms. The second-order valence-corrected chi connectivity index (χ2v) is 6.86. The molecule has 2 atom stereocenters. The zero-order chi connectivity index (χ0) is 13.9. The minimum absolute atomic E-state index is 0.733. The van der Waals surface area contributed by atoms with Gasteiger partial charge in [-0.1, -0.05) is 19.8 Å². The van der Waals surface area contributed by atoms with Gasteiger partial charge in [-0.05, 0) is 50.8 Å². The fourth-order valence-electron chi connectivity index (χ4n) is 3.31. The van der Waals surface area contributed by atoms with Crippen molar-refractivity contribution in [3.8, 4) is 0 Å². The van der Waals surface area contributed by atoms with Crippen LogP contribution >= 0.6 is 0 Å². The Bertz CT molecular complexity index is 424. The second kappa shape index (κ2) is 6.31. The van der Waals surface area contributed by atoms with E-state index in [4.69, 9.17) is 4.42 Å². The lowest BCUT2D eigenvalue weighted by molar-refractivity contribution is 0.148. The van der Waals surface area contributed by atoms with Gasteiger partial charge in [-0.2, -0.15) is 0 Å². The Labute approximate surface area is 122 Å². The molecule has 0 spiro atoms. The Balaban J connectivity index is 1.48. The molecule has 0 aromatic carbocycles. The molecule has 0 bridgehead atoms. The van der Waals surface area contributed by atoms with Crippen molar-refractivity contribution >= 4 is 0 Å². The lowest BCUT2D eigenvalue weighted by Gasteiger charge is -2.33. The van der Waals surface area contributed by atoms with Gasteiger partial charge in [0.2, 0.25) is 0 Å². The minimum atomic E-state index is 0.733. The molecule has 1 heterocycles.